The van der Waals surface area contributed by atoms with Crippen LogP contribution in [0.2, 0.25) is 0 Å². The minimum absolute atomic E-state index is 0.128. The number of thioether (sulfide) groups is 1. The number of hydrogen-bond acceptors (Lipinski definition) is 8. The van der Waals surface area contributed by atoms with Crippen molar-refractivity contribution in [1.82, 2.24) is 20.2 Å². The number of anilines is 1. The van der Waals surface area contributed by atoms with Crippen LogP contribution in [0.3, 0.4) is 0 Å². The van der Waals surface area contributed by atoms with Gasteiger partial charge in [0.15, 0.2) is 5.16 Å². The Morgan fingerprint density at radius 3 is 2.18 bits per heavy atom. The second-order valence-corrected chi connectivity index (χ2v) is 9.73. The SMILES string of the molecule is CCC(Sc1nc(-c2ccc(OC)cc2)c(-c2ccc(OC)cc2)[nH]1)C(=O)Nc1nnc(C)s1. The van der Waals surface area contributed by atoms with Gasteiger partial charge in [-0.2, -0.15) is 0 Å². The predicted molar refractivity (Wildman–Crippen MR) is 136 cm³/mol. The molecule has 0 radical (unpaired) electrons. The summed E-state index contributed by atoms with van der Waals surface area (Å²) in [6, 6.07) is 15.5. The molecule has 4 aromatic rings. The van der Waals surface area contributed by atoms with E-state index in [1.165, 1.54) is 23.1 Å². The van der Waals surface area contributed by atoms with Crippen LogP contribution < -0.4 is 14.8 Å². The summed E-state index contributed by atoms with van der Waals surface area (Å²) in [6.45, 7) is 3.82. The van der Waals surface area contributed by atoms with Gasteiger partial charge in [-0.05, 0) is 61.9 Å². The number of imidazole rings is 1. The predicted octanol–water partition coefficient (Wildman–Crippen LogP) is 5.43. The number of hydrogen-bond donors (Lipinski definition) is 2. The Kier molecular flexibility index (Phi) is 7.49. The van der Waals surface area contributed by atoms with E-state index < -0.39 is 0 Å². The smallest absolute Gasteiger partial charge is 0.239 e. The van der Waals surface area contributed by atoms with Gasteiger partial charge >= 0.3 is 0 Å². The molecule has 0 aliphatic heterocycles. The van der Waals surface area contributed by atoms with Gasteiger partial charge in [-0.3, -0.25) is 10.1 Å². The van der Waals surface area contributed by atoms with E-state index in [9.17, 15) is 4.79 Å². The van der Waals surface area contributed by atoms with Crippen molar-refractivity contribution < 1.29 is 14.3 Å². The number of aromatic nitrogens is 4. The van der Waals surface area contributed by atoms with Crippen molar-refractivity contribution in [3.8, 4) is 34.0 Å². The topological polar surface area (TPSA) is 102 Å². The second kappa shape index (κ2) is 10.7. The molecular formula is C24H25N5O3S2. The number of rotatable bonds is 9. The maximum Gasteiger partial charge on any atom is 0.239 e. The molecule has 4 rings (SSSR count). The monoisotopic (exact) mass is 495 g/mol. The molecule has 2 N–H and O–H groups in total. The summed E-state index contributed by atoms with van der Waals surface area (Å²) in [7, 11) is 3.28. The first kappa shape index (κ1) is 23.8. The number of carbonyl (C=O) groups excluding carboxylic acids is 1. The third-order valence-electron chi connectivity index (χ3n) is 5.10. The number of benzene rings is 2. The van der Waals surface area contributed by atoms with E-state index in [4.69, 9.17) is 14.5 Å². The Labute approximate surface area is 206 Å². The maximum absolute atomic E-state index is 12.9. The molecule has 2 aromatic carbocycles. The lowest BCUT2D eigenvalue weighted by Crippen LogP contribution is -2.24. The highest BCUT2D eigenvalue weighted by atomic mass is 32.2. The minimum Gasteiger partial charge on any atom is -0.497 e. The molecule has 34 heavy (non-hydrogen) atoms. The molecule has 0 aliphatic carbocycles. The number of aromatic amines is 1. The molecule has 8 nitrogen and oxygen atoms in total. The Morgan fingerprint density at radius 1 is 1.03 bits per heavy atom. The fourth-order valence-electron chi connectivity index (χ4n) is 3.32. The van der Waals surface area contributed by atoms with Crippen LogP contribution >= 0.6 is 23.1 Å². The highest BCUT2D eigenvalue weighted by Gasteiger charge is 2.23. The molecule has 0 spiro atoms. The molecule has 0 fully saturated rings. The molecule has 176 valence electrons. The van der Waals surface area contributed by atoms with Crippen LogP contribution in [0.4, 0.5) is 5.13 Å². The van der Waals surface area contributed by atoms with Crippen molar-refractivity contribution in [2.45, 2.75) is 30.7 Å². The van der Waals surface area contributed by atoms with Crippen molar-refractivity contribution in [1.29, 1.82) is 0 Å². The van der Waals surface area contributed by atoms with Gasteiger partial charge in [0.25, 0.3) is 0 Å². The maximum atomic E-state index is 12.9. The van der Waals surface area contributed by atoms with Crippen LogP contribution in [0.5, 0.6) is 11.5 Å². The molecule has 0 aliphatic rings. The third kappa shape index (κ3) is 5.40. The highest BCUT2D eigenvalue weighted by Crippen LogP contribution is 2.36. The summed E-state index contributed by atoms with van der Waals surface area (Å²) in [6.07, 6.45) is 0.630. The quantitative estimate of drug-likeness (QED) is 0.299. The van der Waals surface area contributed by atoms with E-state index in [-0.39, 0.29) is 11.2 Å². The molecule has 2 aromatic heterocycles. The first-order chi connectivity index (χ1) is 16.5. The second-order valence-electron chi connectivity index (χ2n) is 7.35. The fourth-order valence-corrected chi connectivity index (χ4v) is 4.82. The normalized spacial score (nSPS) is 11.8. The first-order valence-corrected chi connectivity index (χ1v) is 12.4. The minimum atomic E-state index is -0.345. The Hall–Kier alpha value is -3.37. The Balaban J connectivity index is 1.64. The van der Waals surface area contributed by atoms with E-state index in [1.54, 1.807) is 14.2 Å². The number of carbonyl (C=O) groups is 1. The number of H-pyrrole nitrogens is 1. The molecule has 1 unspecified atom stereocenters. The number of nitrogens with one attached hydrogen (secondary N) is 2. The zero-order chi connectivity index (χ0) is 24.1. The molecule has 0 saturated heterocycles. The van der Waals surface area contributed by atoms with E-state index >= 15 is 0 Å². The van der Waals surface area contributed by atoms with Gasteiger partial charge in [0.1, 0.15) is 16.5 Å². The number of amides is 1. The first-order valence-electron chi connectivity index (χ1n) is 10.7. The van der Waals surface area contributed by atoms with Crippen LogP contribution in [0, 0.1) is 6.92 Å². The Morgan fingerprint density at radius 2 is 1.65 bits per heavy atom. The van der Waals surface area contributed by atoms with E-state index in [0.29, 0.717) is 16.7 Å². The number of nitrogens with zero attached hydrogens (tertiary/aromatic N) is 3. The van der Waals surface area contributed by atoms with Crippen LogP contribution in [0.15, 0.2) is 53.7 Å². The van der Waals surface area contributed by atoms with Crippen LogP contribution in [-0.2, 0) is 4.79 Å². The van der Waals surface area contributed by atoms with Crippen LogP contribution in [0.1, 0.15) is 18.4 Å². The van der Waals surface area contributed by atoms with Crippen molar-refractivity contribution in [3.05, 3.63) is 53.5 Å². The van der Waals surface area contributed by atoms with Crippen molar-refractivity contribution in [2.75, 3.05) is 19.5 Å². The summed E-state index contributed by atoms with van der Waals surface area (Å²) in [5.41, 5.74) is 3.57. The zero-order valence-corrected chi connectivity index (χ0v) is 20.9. The van der Waals surface area contributed by atoms with Gasteiger partial charge in [-0.1, -0.05) is 30.0 Å². The lowest BCUT2D eigenvalue weighted by atomic mass is 10.0. The van der Waals surface area contributed by atoms with Gasteiger partial charge < -0.3 is 14.5 Å². The number of aryl methyl sites for hydroxylation is 1. The van der Waals surface area contributed by atoms with Crippen LogP contribution in [0.25, 0.3) is 22.5 Å². The molecule has 10 heteroatoms. The summed E-state index contributed by atoms with van der Waals surface area (Å²) < 4.78 is 10.6. The molecular weight excluding hydrogens is 470 g/mol. The van der Waals surface area contributed by atoms with Gasteiger partial charge in [0.05, 0.1) is 30.9 Å². The third-order valence-corrected chi connectivity index (χ3v) is 7.10. The number of methoxy groups -OCH3 is 2. The molecule has 1 amide bonds. The molecule has 0 saturated carbocycles. The average Bonchev–Trinajstić information content (AvgIpc) is 3.48. The van der Waals surface area contributed by atoms with Crippen LogP contribution in [-0.4, -0.2) is 45.5 Å². The summed E-state index contributed by atoms with van der Waals surface area (Å²) in [4.78, 5) is 21.2. The number of ether oxygens (including phenoxy) is 2. The van der Waals surface area contributed by atoms with E-state index in [2.05, 4.69) is 20.5 Å². The lowest BCUT2D eigenvalue weighted by Gasteiger charge is -2.11. The largest absolute Gasteiger partial charge is 0.497 e. The van der Waals surface area contributed by atoms with E-state index in [0.717, 1.165) is 39.0 Å². The zero-order valence-electron chi connectivity index (χ0n) is 19.3. The van der Waals surface area contributed by atoms with Gasteiger partial charge in [0.2, 0.25) is 11.0 Å². The Bertz CT molecular complexity index is 1190. The lowest BCUT2D eigenvalue weighted by molar-refractivity contribution is -0.115. The van der Waals surface area contributed by atoms with Crippen molar-refractivity contribution >= 4 is 34.1 Å². The van der Waals surface area contributed by atoms with Crippen molar-refractivity contribution in [2.24, 2.45) is 0 Å². The summed E-state index contributed by atoms with van der Waals surface area (Å²) in [5.74, 6) is 1.42. The molecule has 2 heterocycles. The average molecular weight is 496 g/mol. The van der Waals surface area contributed by atoms with E-state index in [1.807, 2.05) is 62.4 Å². The van der Waals surface area contributed by atoms with Crippen molar-refractivity contribution in [3.63, 3.8) is 0 Å². The standard InChI is InChI=1S/C24H25N5O3S2/c1-5-19(22(30)27-24-29-28-14(2)33-24)34-23-25-20(15-6-10-17(31-3)11-7-15)21(26-23)16-8-12-18(32-4)13-9-16/h6-13,19H,5H2,1-4H3,(H,25,26)(H,27,29,30). The summed E-state index contributed by atoms with van der Waals surface area (Å²) in [5, 5.41) is 12.4. The van der Waals surface area contributed by atoms with Gasteiger partial charge in [0, 0.05) is 11.1 Å². The molecule has 0 bridgehead atoms. The summed E-state index contributed by atoms with van der Waals surface area (Å²) >= 11 is 2.74. The van der Waals surface area contributed by atoms with Gasteiger partial charge in [-0.25, -0.2) is 4.98 Å². The molecule has 1 atom stereocenters. The highest BCUT2D eigenvalue weighted by molar-refractivity contribution is 8.00. The van der Waals surface area contributed by atoms with Gasteiger partial charge in [-0.15, -0.1) is 10.2 Å². The fraction of sp³-hybridized carbons (Fsp3) is 0.250.